The van der Waals surface area contributed by atoms with E-state index in [-0.39, 0.29) is 17.4 Å². The molecule has 1 saturated carbocycles. The topological polar surface area (TPSA) is 29.3 Å². The SMILES string of the molecule is CC(c1ccccc1F)N(C)C(C)(CN)CC1CC1. The number of halogens is 1. The molecule has 0 radical (unpaired) electrons. The molecule has 2 nitrogen and oxygen atoms in total. The maximum Gasteiger partial charge on any atom is 0.127 e. The van der Waals surface area contributed by atoms with Gasteiger partial charge in [0, 0.05) is 23.7 Å². The lowest BCUT2D eigenvalue weighted by atomic mass is 9.90. The van der Waals surface area contributed by atoms with E-state index in [0.29, 0.717) is 6.54 Å². The molecule has 1 aliphatic carbocycles. The molecule has 2 atom stereocenters. The molecule has 0 amide bonds. The molecule has 2 rings (SSSR count). The fraction of sp³-hybridized carbons (Fsp3) is 0.625. The Labute approximate surface area is 115 Å². The molecule has 0 aliphatic heterocycles. The number of likely N-dealkylation sites (N-methyl/N-ethyl adjacent to an activating group) is 1. The average molecular weight is 264 g/mol. The lowest BCUT2D eigenvalue weighted by molar-refractivity contribution is 0.0848. The third-order valence-corrected chi connectivity index (χ3v) is 4.65. The van der Waals surface area contributed by atoms with E-state index in [1.165, 1.54) is 18.9 Å². The van der Waals surface area contributed by atoms with Gasteiger partial charge in [-0.15, -0.1) is 0 Å². The molecule has 0 saturated heterocycles. The van der Waals surface area contributed by atoms with E-state index in [1.807, 2.05) is 12.1 Å². The Morgan fingerprint density at radius 1 is 1.42 bits per heavy atom. The van der Waals surface area contributed by atoms with Crippen molar-refractivity contribution in [2.45, 2.75) is 44.7 Å². The largest absolute Gasteiger partial charge is 0.329 e. The van der Waals surface area contributed by atoms with Gasteiger partial charge < -0.3 is 5.73 Å². The summed E-state index contributed by atoms with van der Waals surface area (Å²) >= 11 is 0. The van der Waals surface area contributed by atoms with Gasteiger partial charge in [0.15, 0.2) is 0 Å². The molecule has 0 bridgehead atoms. The van der Waals surface area contributed by atoms with Gasteiger partial charge in [-0.3, -0.25) is 4.90 Å². The lowest BCUT2D eigenvalue weighted by Gasteiger charge is -2.42. The van der Waals surface area contributed by atoms with Crippen molar-refractivity contribution in [3.05, 3.63) is 35.6 Å². The predicted octanol–water partition coefficient (Wildman–Crippen LogP) is 3.34. The summed E-state index contributed by atoms with van der Waals surface area (Å²) in [6, 6.07) is 7.06. The third-order valence-electron chi connectivity index (χ3n) is 4.65. The predicted molar refractivity (Wildman–Crippen MR) is 77.4 cm³/mol. The first kappa shape index (κ1) is 14.5. The van der Waals surface area contributed by atoms with Gasteiger partial charge in [-0.2, -0.15) is 0 Å². The molecule has 2 N–H and O–H groups in total. The van der Waals surface area contributed by atoms with E-state index in [2.05, 4.69) is 25.8 Å². The highest BCUT2D eigenvalue weighted by Crippen LogP contribution is 2.40. The molecule has 2 unspecified atom stereocenters. The summed E-state index contributed by atoms with van der Waals surface area (Å²) in [5.41, 5.74) is 6.70. The number of hydrogen-bond donors (Lipinski definition) is 1. The quantitative estimate of drug-likeness (QED) is 0.854. The number of rotatable bonds is 6. The van der Waals surface area contributed by atoms with Crippen LogP contribution in [0.4, 0.5) is 4.39 Å². The molecule has 0 heterocycles. The number of nitrogens with zero attached hydrogens (tertiary/aromatic N) is 1. The highest BCUT2D eigenvalue weighted by molar-refractivity contribution is 5.21. The molecule has 0 aromatic heterocycles. The standard InChI is InChI=1S/C16H25FN2/c1-12(14-6-4-5-7-15(14)17)19(3)16(2,11-18)10-13-8-9-13/h4-7,12-13H,8-11,18H2,1-3H3. The second-order valence-corrected chi connectivity index (χ2v) is 6.16. The summed E-state index contributed by atoms with van der Waals surface area (Å²) in [4.78, 5) is 2.24. The summed E-state index contributed by atoms with van der Waals surface area (Å²) in [5.74, 6) is 0.677. The Kier molecular flexibility index (Phi) is 4.26. The van der Waals surface area contributed by atoms with Crippen LogP contribution in [0, 0.1) is 11.7 Å². The summed E-state index contributed by atoms with van der Waals surface area (Å²) < 4.78 is 13.9. The van der Waals surface area contributed by atoms with Crippen LogP contribution < -0.4 is 5.73 Å². The van der Waals surface area contributed by atoms with Gasteiger partial charge in [0.05, 0.1) is 0 Å². The molecule has 19 heavy (non-hydrogen) atoms. The zero-order chi connectivity index (χ0) is 14.0. The Balaban J connectivity index is 2.16. The van der Waals surface area contributed by atoms with Crippen LogP contribution in [0.2, 0.25) is 0 Å². The molecule has 1 fully saturated rings. The van der Waals surface area contributed by atoms with Crippen molar-refractivity contribution in [1.82, 2.24) is 4.90 Å². The van der Waals surface area contributed by atoms with Gasteiger partial charge in [0.1, 0.15) is 5.82 Å². The van der Waals surface area contributed by atoms with Crippen molar-refractivity contribution in [2.24, 2.45) is 11.7 Å². The zero-order valence-electron chi connectivity index (χ0n) is 12.2. The van der Waals surface area contributed by atoms with Crippen LogP contribution >= 0.6 is 0 Å². The minimum absolute atomic E-state index is 0.0356. The Morgan fingerprint density at radius 3 is 2.58 bits per heavy atom. The van der Waals surface area contributed by atoms with Crippen LogP contribution in [0.15, 0.2) is 24.3 Å². The second-order valence-electron chi connectivity index (χ2n) is 6.16. The summed E-state index contributed by atoms with van der Waals surface area (Å²) in [7, 11) is 2.06. The molecule has 1 aromatic rings. The van der Waals surface area contributed by atoms with Gasteiger partial charge in [-0.05, 0) is 39.3 Å². The Morgan fingerprint density at radius 2 is 2.05 bits per heavy atom. The Hall–Kier alpha value is -0.930. The first-order valence-corrected chi connectivity index (χ1v) is 7.15. The van der Waals surface area contributed by atoms with Crippen molar-refractivity contribution in [3.63, 3.8) is 0 Å². The summed E-state index contributed by atoms with van der Waals surface area (Å²) in [6.07, 6.45) is 3.74. The van der Waals surface area contributed by atoms with Gasteiger partial charge in [0.2, 0.25) is 0 Å². The van der Waals surface area contributed by atoms with Gasteiger partial charge in [-0.1, -0.05) is 31.0 Å². The second kappa shape index (κ2) is 5.59. The van der Waals surface area contributed by atoms with Crippen LogP contribution in [0.3, 0.4) is 0 Å². The number of hydrogen-bond acceptors (Lipinski definition) is 2. The molecule has 1 aromatic carbocycles. The lowest BCUT2D eigenvalue weighted by Crippen LogP contribution is -2.51. The normalized spacial score (nSPS) is 20.3. The van der Waals surface area contributed by atoms with E-state index >= 15 is 0 Å². The number of benzene rings is 1. The van der Waals surface area contributed by atoms with Crippen LogP contribution in [-0.4, -0.2) is 24.0 Å². The molecular weight excluding hydrogens is 239 g/mol. The fourth-order valence-electron chi connectivity index (χ4n) is 2.81. The average Bonchev–Trinajstić information content (AvgIpc) is 3.21. The van der Waals surface area contributed by atoms with Crippen molar-refractivity contribution in [3.8, 4) is 0 Å². The monoisotopic (exact) mass is 264 g/mol. The molecule has 3 heteroatoms. The fourth-order valence-corrected chi connectivity index (χ4v) is 2.81. The van der Waals surface area contributed by atoms with Crippen molar-refractivity contribution in [2.75, 3.05) is 13.6 Å². The van der Waals surface area contributed by atoms with Crippen LogP contribution in [0.1, 0.15) is 44.7 Å². The van der Waals surface area contributed by atoms with Crippen LogP contribution in [-0.2, 0) is 0 Å². The minimum Gasteiger partial charge on any atom is -0.329 e. The van der Waals surface area contributed by atoms with Crippen molar-refractivity contribution < 1.29 is 4.39 Å². The van der Waals surface area contributed by atoms with Gasteiger partial charge in [-0.25, -0.2) is 4.39 Å². The Bertz CT molecular complexity index is 431. The van der Waals surface area contributed by atoms with E-state index in [1.54, 1.807) is 6.07 Å². The smallest absolute Gasteiger partial charge is 0.127 e. The molecule has 106 valence electrons. The maximum atomic E-state index is 13.9. The number of nitrogens with two attached hydrogens (primary N) is 1. The molecule has 0 spiro atoms. The van der Waals surface area contributed by atoms with Crippen molar-refractivity contribution in [1.29, 1.82) is 0 Å². The van der Waals surface area contributed by atoms with Gasteiger partial charge >= 0.3 is 0 Å². The highest BCUT2D eigenvalue weighted by Gasteiger charge is 2.37. The first-order chi connectivity index (χ1) is 8.98. The maximum absolute atomic E-state index is 13.9. The van der Waals surface area contributed by atoms with Crippen LogP contribution in [0.25, 0.3) is 0 Å². The summed E-state index contributed by atoms with van der Waals surface area (Å²) in [5, 5.41) is 0. The molecule has 1 aliphatic rings. The van der Waals surface area contributed by atoms with Crippen molar-refractivity contribution >= 4 is 0 Å². The van der Waals surface area contributed by atoms with E-state index in [9.17, 15) is 4.39 Å². The van der Waals surface area contributed by atoms with E-state index < -0.39 is 0 Å². The third kappa shape index (κ3) is 3.15. The molecular formula is C16H25FN2. The van der Waals surface area contributed by atoms with Gasteiger partial charge in [0.25, 0.3) is 0 Å². The van der Waals surface area contributed by atoms with E-state index in [4.69, 9.17) is 5.73 Å². The summed E-state index contributed by atoms with van der Waals surface area (Å²) in [6.45, 7) is 4.86. The zero-order valence-corrected chi connectivity index (χ0v) is 12.2. The van der Waals surface area contributed by atoms with Crippen LogP contribution in [0.5, 0.6) is 0 Å². The first-order valence-electron chi connectivity index (χ1n) is 7.15. The highest BCUT2D eigenvalue weighted by atomic mass is 19.1. The minimum atomic E-state index is -0.132. The van der Waals surface area contributed by atoms with E-state index in [0.717, 1.165) is 17.9 Å².